The Hall–Kier alpha value is -8.96. The van der Waals surface area contributed by atoms with Crippen LogP contribution in [0, 0.1) is 0 Å². The van der Waals surface area contributed by atoms with Gasteiger partial charge >= 0.3 is 0 Å². The number of hydrogen-bond donors (Lipinski definition) is 0. The molecule has 0 atom stereocenters. The van der Waals surface area contributed by atoms with Crippen molar-refractivity contribution >= 4 is 94.4 Å². The van der Waals surface area contributed by atoms with Gasteiger partial charge < -0.3 is 13.6 Å². The molecule has 70 heavy (non-hydrogen) atoms. The maximum Gasteiger partial charge on any atom is 0.179 e. The van der Waals surface area contributed by atoms with Crippen LogP contribution in [0.4, 0.5) is 0 Å². The minimum Gasteiger partial charge on any atom is -0.456 e. The number of hydrogen-bond acceptors (Lipinski definition) is 1. The first-order chi connectivity index (χ1) is 42.2. The van der Waals surface area contributed by atoms with Crippen LogP contribution < -0.4 is 20.7 Å². The van der Waals surface area contributed by atoms with Crippen molar-refractivity contribution in [3.8, 4) is 33.6 Å². The van der Waals surface area contributed by atoms with Crippen molar-refractivity contribution in [3.63, 3.8) is 0 Å². The lowest BCUT2D eigenvalue weighted by molar-refractivity contribution is 0.669. The summed E-state index contributed by atoms with van der Waals surface area (Å²) in [7, 11) is -3.28. The van der Waals surface area contributed by atoms with Gasteiger partial charge in [0, 0.05) is 43.7 Å². The van der Waals surface area contributed by atoms with Gasteiger partial charge in [-0.3, -0.25) is 0 Å². The Balaban J connectivity index is 1.05. The average Bonchev–Trinajstić information content (AvgIpc) is 1.57. The fraction of sp³-hybridized carbons (Fsp3) is 0. The Labute approximate surface area is 431 Å². The van der Waals surface area contributed by atoms with Gasteiger partial charge in [0.05, 0.1) is 46.7 Å². The van der Waals surface area contributed by atoms with E-state index in [1.54, 1.807) is 30.3 Å². The van der Waals surface area contributed by atoms with Gasteiger partial charge in [0.2, 0.25) is 0 Å². The summed E-state index contributed by atoms with van der Waals surface area (Å²) >= 11 is 0. The van der Waals surface area contributed by atoms with E-state index in [4.69, 9.17) is 9.90 Å². The maximum atomic E-state index is 10.2. The molecule has 14 rings (SSSR count). The molecule has 3 heterocycles. The van der Waals surface area contributed by atoms with Gasteiger partial charge in [0.25, 0.3) is 0 Å². The normalized spacial score (nSPS) is 15.6. The summed E-state index contributed by atoms with van der Waals surface area (Å²) in [6, 6.07) is 37.5. The van der Waals surface area contributed by atoms with Gasteiger partial charge in [-0.1, -0.05) is 188 Å². The summed E-state index contributed by atoms with van der Waals surface area (Å²) in [4.78, 5) is 0. The number of aromatic nitrogens is 2. The van der Waals surface area contributed by atoms with E-state index < -0.39 is 139 Å². The van der Waals surface area contributed by atoms with Gasteiger partial charge in [0.1, 0.15) is 11.2 Å². The van der Waals surface area contributed by atoms with Crippen LogP contribution in [0.2, 0.25) is 0 Å². The molecule has 3 nitrogen and oxygen atoms in total. The number of benzene rings is 11. The summed E-state index contributed by atoms with van der Waals surface area (Å²) in [5.41, 5.74) is -1.43. The van der Waals surface area contributed by atoms with Crippen LogP contribution >= 0.6 is 0 Å². The molecule has 0 aliphatic carbocycles. The molecule has 0 amide bonds. The molecule has 3 aromatic heterocycles. The molecule has 0 radical (unpaired) electrons. The number of rotatable bonds is 8. The molecule has 14 aromatic rings. The molecule has 0 aliphatic rings. The van der Waals surface area contributed by atoms with Gasteiger partial charge in [0.15, 0.2) is 8.07 Å². The first kappa shape index (κ1) is 26.0. The summed E-state index contributed by atoms with van der Waals surface area (Å²) in [6.45, 7) is 0. The highest BCUT2D eigenvalue weighted by atomic mass is 28.3. The molecule has 0 saturated carbocycles. The van der Waals surface area contributed by atoms with Crippen molar-refractivity contribution in [3.05, 3.63) is 266 Å². The fourth-order valence-electron chi connectivity index (χ4n) is 10.2. The van der Waals surface area contributed by atoms with Crippen LogP contribution in [0.25, 0.3) is 99.2 Å². The van der Waals surface area contributed by atoms with E-state index in [1.807, 2.05) is 91.0 Å². The third kappa shape index (κ3) is 6.20. The van der Waals surface area contributed by atoms with Crippen LogP contribution in [-0.4, -0.2) is 17.2 Å². The first-order valence-electron chi connectivity index (χ1n) is 31.6. The summed E-state index contributed by atoms with van der Waals surface area (Å²) in [6.07, 6.45) is 0. The van der Waals surface area contributed by atoms with E-state index in [0.717, 1.165) is 26.1 Å². The minimum absolute atomic E-state index is 0.132. The number of fused-ring (bicyclic) bond motifs is 9. The molecule has 0 N–H and O–H groups in total. The van der Waals surface area contributed by atoms with Crippen molar-refractivity contribution in [1.29, 1.82) is 0 Å². The molecule has 0 aliphatic heterocycles. The Morgan fingerprint density at radius 2 is 0.786 bits per heavy atom. The van der Waals surface area contributed by atoms with Crippen molar-refractivity contribution in [2.24, 2.45) is 0 Å². The number of furan rings is 1. The Morgan fingerprint density at radius 1 is 0.314 bits per heavy atom. The van der Waals surface area contributed by atoms with E-state index in [0.29, 0.717) is 22.2 Å². The van der Waals surface area contributed by atoms with Crippen LogP contribution in [0.5, 0.6) is 0 Å². The minimum atomic E-state index is -3.28. The topological polar surface area (TPSA) is 23.0 Å². The predicted octanol–water partition coefficient (Wildman–Crippen LogP) is 14.5. The van der Waals surface area contributed by atoms with Crippen molar-refractivity contribution in [2.45, 2.75) is 0 Å². The molecule has 0 fully saturated rings. The van der Waals surface area contributed by atoms with Gasteiger partial charge in [-0.15, -0.1) is 0 Å². The van der Waals surface area contributed by atoms with E-state index in [2.05, 4.69) is 36.4 Å². The molecule has 0 saturated heterocycles. The molecule has 0 spiro atoms. The lowest BCUT2D eigenvalue weighted by Gasteiger charge is -2.34. The Morgan fingerprint density at radius 3 is 1.37 bits per heavy atom. The van der Waals surface area contributed by atoms with Gasteiger partial charge in [-0.05, 0) is 122 Å². The van der Waals surface area contributed by atoms with Crippen molar-refractivity contribution < 1.29 is 29.1 Å². The van der Waals surface area contributed by atoms with E-state index in [1.165, 1.54) is 9.13 Å². The second-order valence-corrected chi connectivity index (χ2v) is 20.8. The van der Waals surface area contributed by atoms with Crippen molar-refractivity contribution in [2.75, 3.05) is 0 Å². The smallest absolute Gasteiger partial charge is 0.179 e. The zero-order valence-electron chi connectivity index (χ0n) is 54.8. The first-order valence-corrected chi connectivity index (χ1v) is 24.6. The Kier molecular flexibility index (Phi) is 5.97. The van der Waals surface area contributed by atoms with Crippen LogP contribution in [0.3, 0.4) is 0 Å². The summed E-state index contributed by atoms with van der Waals surface area (Å²) in [5, 5.41) is 4.34. The highest BCUT2D eigenvalue weighted by molar-refractivity contribution is 7.19. The van der Waals surface area contributed by atoms with Gasteiger partial charge in [-0.25, -0.2) is 0 Å². The highest BCUT2D eigenvalue weighted by Gasteiger charge is 2.41. The third-order valence-electron chi connectivity index (χ3n) is 13.2. The van der Waals surface area contributed by atoms with Crippen molar-refractivity contribution in [1.82, 2.24) is 9.13 Å². The second-order valence-electron chi connectivity index (χ2n) is 17.0. The quantitative estimate of drug-likeness (QED) is 0.110. The van der Waals surface area contributed by atoms with Crippen LogP contribution in [0.15, 0.2) is 271 Å². The average molecular weight is 927 g/mol. The SMILES string of the molecule is [2H]c1c([2H])c(-c2c([2H])c([2H])c3c(c2[2H])c2c([2H])c([2H])c([2H])c([2H])c2n3-c2cccc([Si](c3ccccc3)(c3ccccc3)c3ccccc3)c2)c([2H])c(-c2c([2H])c([2H])c3c(c2[2H])c2c([2H])c([2H])c([2H])c([2H])c2n3-c2ccc3oc4ccccc4c3c2)c1[2H]. The third-order valence-corrected chi connectivity index (χ3v) is 18.0. The van der Waals surface area contributed by atoms with E-state index in [9.17, 15) is 19.2 Å². The van der Waals surface area contributed by atoms with E-state index in [-0.39, 0.29) is 49.3 Å². The zero-order valence-corrected chi connectivity index (χ0v) is 37.8. The van der Waals surface area contributed by atoms with Gasteiger partial charge in [-0.2, -0.15) is 0 Å². The molecular formula is C66H44N2OSi. The van der Waals surface area contributed by atoms with Crippen LogP contribution in [-0.2, 0) is 0 Å². The van der Waals surface area contributed by atoms with Crippen LogP contribution in [0.1, 0.15) is 24.7 Å². The fourth-order valence-corrected chi connectivity index (χ4v) is 15.0. The molecule has 0 bridgehead atoms. The summed E-state index contributed by atoms with van der Waals surface area (Å²) < 4.78 is 180. The second kappa shape index (κ2) is 16.1. The summed E-state index contributed by atoms with van der Waals surface area (Å²) in [5.74, 6) is 0. The number of nitrogens with zero attached hydrogens (tertiary/aromatic N) is 2. The highest BCUT2D eigenvalue weighted by Crippen LogP contribution is 2.39. The molecule has 4 heteroatoms. The van der Waals surface area contributed by atoms with E-state index >= 15 is 0 Å². The standard InChI is InChI=1S/C66H44N2OSi/c1-4-21-51(22-5-1)70(52-23-6-2-7-24-52,53-25-8-3-9-26-53)54-27-17-20-49(43-54)67-61-31-13-10-28-55(61)58-41-47(34-37-63(58)67)45-18-16-19-46(40-45)48-35-38-64-59(42-48)56-29-11-14-32-62(56)68(64)50-36-39-66-60(44-50)57-30-12-15-33-65(57)69-66/h1-44H/i10D,11D,13D,14D,16D,18D,19D,28D,29D,31D,32D,34D,35D,37D,38D,40D,41D,42D. The number of para-hydroxylation sites is 3. The zero-order chi connectivity index (χ0) is 61.8. The lowest BCUT2D eigenvalue weighted by atomic mass is 9.97. The predicted molar refractivity (Wildman–Crippen MR) is 297 cm³/mol. The molecule has 11 aromatic carbocycles. The Bertz CT molecular complexity index is 5280. The lowest BCUT2D eigenvalue weighted by Crippen LogP contribution is -2.74. The largest absolute Gasteiger partial charge is 0.456 e. The monoisotopic (exact) mass is 926 g/mol. The molecule has 0 unspecified atom stereocenters. The maximum absolute atomic E-state index is 10.2. The molecular weight excluding hydrogens is 865 g/mol. The molecule has 328 valence electrons.